The smallest absolute Gasteiger partial charge is 0.122 e. The van der Waals surface area contributed by atoms with Gasteiger partial charge >= 0.3 is 0 Å². The van der Waals surface area contributed by atoms with Gasteiger partial charge in [0.2, 0.25) is 0 Å². The second-order valence-corrected chi connectivity index (χ2v) is 5.17. The highest BCUT2D eigenvalue weighted by Crippen LogP contribution is 2.30. The zero-order chi connectivity index (χ0) is 15.4. The molecule has 0 spiro atoms. The van der Waals surface area contributed by atoms with Gasteiger partial charge in [0.05, 0.1) is 20.3 Å². The predicted octanol–water partition coefficient (Wildman–Crippen LogP) is 3.63. The molecule has 1 atom stereocenters. The Bertz CT molecular complexity index is 623. The van der Waals surface area contributed by atoms with Crippen LogP contribution in [0.2, 0.25) is 0 Å². The lowest BCUT2D eigenvalue weighted by atomic mass is 9.94. The molecule has 0 heterocycles. The van der Waals surface area contributed by atoms with Crippen molar-refractivity contribution in [1.82, 2.24) is 5.32 Å². The molecule has 2 rings (SSSR count). The normalized spacial score (nSPS) is 12.0. The highest BCUT2D eigenvalue weighted by molar-refractivity contribution is 5.44. The molecule has 21 heavy (non-hydrogen) atoms. The molecule has 0 aromatic heterocycles. The summed E-state index contributed by atoms with van der Waals surface area (Å²) in [7, 11) is 5.37. The Morgan fingerprint density at radius 2 is 1.67 bits per heavy atom. The Hall–Kier alpha value is -2.00. The fourth-order valence-corrected chi connectivity index (χ4v) is 2.62. The number of benzene rings is 2. The third-order valence-corrected chi connectivity index (χ3v) is 3.84. The number of methoxy groups -OCH3 is 2. The Kier molecular flexibility index (Phi) is 4.86. The van der Waals surface area contributed by atoms with Crippen molar-refractivity contribution >= 4 is 0 Å². The van der Waals surface area contributed by atoms with Crippen LogP contribution >= 0.6 is 0 Å². The lowest BCUT2D eigenvalue weighted by Gasteiger charge is -2.21. The molecule has 3 nitrogen and oxygen atoms in total. The molecule has 0 bridgehead atoms. The van der Waals surface area contributed by atoms with Crippen LogP contribution in [0.4, 0.5) is 0 Å². The molecule has 0 fully saturated rings. The highest BCUT2D eigenvalue weighted by atomic mass is 16.5. The van der Waals surface area contributed by atoms with E-state index in [1.54, 1.807) is 14.2 Å². The fourth-order valence-electron chi connectivity index (χ4n) is 2.62. The highest BCUT2D eigenvalue weighted by Gasteiger charge is 2.16. The van der Waals surface area contributed by atoms with Crippen LogP contribution in [-0.2, 0) is 0 Å². The van der Waals surface area contributed by atoms with Crippen LogP contribution in [0.25, 0.3) is 0 Å². The molecule has 0 amide bonds. The molecule has 112 valence electrons. The molecular weight excluding hydrogens is 262 g/mol. The van der Waals surface area contributed by atoms with Gasteiger partial charge in [0.25, 0.3) is 0 Å². The summed E-state index contributed by atoms with van der Waals surface area (Å²) in [5.41, 5.74) is 4.77. The van der Waals surface area contributed by atoms with Crippen LogP contribution in [-0.4, -0.2) is 21.3 Å². The predicted molar refractivity (Wildman–Crippen MR) is 86.4 cm³/mol. The van der Waals surface area contributed by atoms with Gasteiger partial charge in [-0.3, -0.25) is 0 Å². The van der Waals surface area contributed by atoms with E-state index in [9.17, 15) is 0 Å². The Labute approximate surface area is 126 Å². The van der Waals surface area contributed by atoms with Crippen molar-refractivity contribution in [3.8, 4) is 11.5 Å². The molecule has 0 aliphatic rings. The summed E-state index contributed by atoms with van der Waals surface area (Å²) in [4.78, 5) is 0. The molecule has 1 N–H and O–H groups in total. The number of aryl methyl sites for hydroxylation is 2. The Balaban J connectivity index is 2.44. The molecule has 0 aliphatic heterocycles. The monoisotopic (exact) mass is 285 g/mol. The van der Waals surface area contributed by atoms with Gasteiger partial charge in [0.15, 0.2) is 0 Å². The van der Waals surface area contributed by atoms with Crippen molar-refractivity contribution in [2.45, 2.75) is 19.9 Å². The minimum Gasteiger partial charge on any atom is -0.497 e. The van der Waals surface area contributed by atoms with Crippen molar-refractivity contribution in [1.29, 1.82) is 0 Å². The van der Waals surface area contributed by atoms with Gasteiger partial charge in [-0.2, -0.15) is 0 Å². The van der Waals surface area contributed by atoms with Gasteiger partial charge in [-0.25, -0.2) is 0 Å². The van der Waals surface area contributed by atoms with E-state index >= 15 is 0 Å². The maximum atomic E-state index is 5.44. The van der Waals surface area contributed by atoms with E-state index in [2.05, 4.69) is 49.5 Å². The number of nitrogens with one attached hydrogen (secondary N) is 1. The maximum absolute atomic E-state index is 5.44. The quantitative estimate of drug-likeness (QED) is 0.910. The van der Waals surface area contributed by atoms with Crippen molar-refractivity contribution in [3.63, 3.8) is 0 Å². The van der Waals surface area contributed by atoms with Gasteiger partial charge in [-0.15, -0.1) is 0 Å². The van der Waals surface area contributed by atoms with E-state index in [-0.39, 0.29) is 6.04 Å². The Morgan fingerprint density at radius 3 is 2.24 bits per heavy atom. The molecule has 0 saturated heterocycles. The summed E-state index contributed by atoms with van der Waals surface area (Å²) in [6.07, 6.45) is 0. The third-order valence-electron chi connectivity index (χ3n) is 3.84. The van der Waals surface area contributed by atoms with Crippen LogP contribution in [0.5, 0.6) is 11.5 Å². The van der Waals surface area contributed by atoms with Gasteiger partial charge in [0, 0.05) is 0 Å². The SMILES string of the molecule is CNC(c1ccc(C)c(OC)c1)c1ccc(OC)cc1C. The number of ether oxygens (including phenoxy) is 2. The molecule has 2 aromatic rings. The first kappa shape index (κ1) is 15.4. The maximum Gasteiger partial charge on any atom is 0.122 e. The van der Waals surface area contributed by atoms with Crippen LogP contribution in [0.3, 0.4) is 0 Å². The topological polar surface area (TPSA) is 30.5 Å². The summed E-state index contributed by atoms with van der Waals surface area (Å²) in [5.74, 6) is 1.80. The first-order chi connectivity index (χ1) is 10.1. The molecule has 1 unspecified atom stereocenters. The summed E-state index contributed by atoms with van der Waals surface area (Å²) in [6.45, 7) is 4.16. The van der Waals surface area contributed by atoms with E-state index in [0.717, 1.165) is 17.1 Å². The van der Waals surface area contributed by atoms with Crippen LogP contribution in [0.15, 0.2) is 36.4 Å². The second-order valence-electron chi connectivity index (χ2n) is 5.17. The first-order valence-electron chi connectivity index (χ1n) is 7.07. The zero-order valence-corrected chi connectivity index (χ0v) is 13.4. The average Bonchev–Trinajstić information content (AvgIpc) is 2.50. The lowest BCUT2D eigenvalue weighted by molar-refractivity contribution is 0.410. The van der Waals surface area contributed by atoms with Crippen molar-refractivity contribution in [3.05, 3.63) is 58.7 Å². The molecule has 0 saturated carbocycles. The van der Waals surface area contributed by atoms with Crippen LogP contribution in [0.1, 0.15) is 28.3 Å². The Morgan fingerprint density at radius 1 is 0.905 bits per heavy atom. The molecule has 0 radical (unpaired) electrons. The van der Waals surface area contributed by atoms with E-state index in [1.165, 1.54) is 16.7 Å². The van der Waals surface area contributed by atoms with E-state index in [1.807, 2.05) is 13.1 Å². The average molecular weight is 285 g/mol. The number of hydrogen-bond donors (Lipinski definition) is 1. The third kappa shape index (κ3) is 3.19. The van der Waals surface area contributed by atoms with Gasteiger partial charge < -0.3 is 14.8 Å². The number of rotatable bonds is 5. The standard InChI is InChI=1S/C18H23NO2/c1-12-6-7-14(11-17(12)21-5)18(19-3)16-9-8-15(20-4)10-13(16)2/h6-11,18-19H,1-5H3. The van der Waals surface area contributed by atoms with Crippen molar-refractivity contribution in [2.75, 3.05) is 21.3 Å². The molecule has 3 heteroatoms. The summed E-state index contributed by atoms with van der Waals surface area (Å²) >= 11 is 0. The van der Waals surface area contributed by atoms with E-state index in [4.69, 9.17) is 9.47 Å². The summed E-state index contributed by atoms with van der Waals surface area (Å²) in [5, 5.41) is 3.39. The van der Waals surface area contributed by atoms with E-state index < -0.39 is 0 Å². The second kappa shape index (κ2) is 6.64. The van der Waals surface area contributed by atoms with Crippen LogP contribution in [0, 0.1) is 13.8 Å². The van der Waals surface area contributed by atoms with Gasteiger partial charge in [0.1, 0.15) is 11.5 Å². The van der Waals surface area contributed by atoms with Crippen molar-refractivity contribution in [2.24, 2.45) is 0 Å². The first-order valence-corrected chi connectivity index (χ1v) is 7.07. The van der Waals surface area contributed by atoms with Gasteiger partial charge in [-0.05, 0) is 61.3 Å². The molecule has 0 aliphatic carbocycles. The summed E-state index contributed by atoms with van der Waals surface area (Å²) < 4.78 is 10.7. The largest absolute Gasteiger partial charge is 0.497 e. The van der Waals surface area contributed by atoms with Crippen molar-refractivity contribution < 1.29 is 9.47 Å². The van der Waals surface area contributed by atoms with E-state index in [0.29, 0.717) is 0 Å². The van der Waals surface area contributed by atoms with Crippen LogP contribution < -0.4 is 14.8 Å². The molecule has 2 aromatic carbocycles. The molecular formula is C18H23NO2. The zero-order valence-electron chi connectivity index (χ0n) is 13.4. The minimum absolute atomic E-state index is 0.130. The fraction of sp³-hybridized carbons (Fsp3) is 0.333. The lowest BCUT2D eigenvalue weighted by Crippen LogP contribution is -2.18. The minimum atomic E-state index is 0.130. The van der Waals surface area contributed by atoms with Gasteiger partial charge in [-0.1, -0.05) is 18.2 Å². The summed E-state index contributed by atoms with van der Waals surface area (Å²) in [6, 6.07) is 12.6. The number of hydrogen-bond acceptors (Lipinski definition) is 3.